The van der Waals surface area contributed by atoms with Crippen molar-refractivity contribution in [2.75, 3.05) is 19.7 Å². The summed E-state index contributed by atoms with van der Waals surface area (Å²) in [4.78, 5) is 2.70. The number of ether oxygens (including phenoxy) is 1. The topological polar surface area (TPSA) is 12.5 Å². The van der Waals surface area contributed by atoms with Gasteiger partial charge >= 0.3 is 0 Å². The zero-order chi connectivity index (χ0) is 20.2. The second-order valence-electron chi connectivity index (χ2n) is 8.45. The van der Waals surface area contributed by atoms with Gasteiger partial charge in [-0.3, -0.25) is 0 Å². The van der Waals surface area contributed by atoms with E-state index < -0.39 is 0 Å². The molecule has 158 valence electrons. The third kappa shape index (κ3) is 7.60. The van der Waals surface area contributed by atoms with Crippen molar-refractivity contribution >= 4 is 0 Å². The molecule has 2 heteroatoms. The average Bonchev–Trinajstić information content (AvgIpc) is 2.79. The van der Waals surface area contributed by atoms with Crippen molar-refractivity contribution in [1.82, 2.24) is 4.90 Å². The number of piperidine rings is 1. The number of nitrogens with zero attached hydrogens (tertiary/aromatic N) is 1. The second-order valence-corrected chi connectivity index (χ2v) is 8.45. The van der Waals surface area contributed by atoms with Crippen LogP contribution in [-0.4, -0.2) is 30.6 Å². The van der Waals surface area contributed by atoms with Gasteiger partial charge in [0, 0.05) is 19.2 Å². The molecule has 29 heavy (non-hydrogen) atoms. The van der Waals surface area contributed by atoms with E-state index in [1.54, 1.807) is 0 Å². The lowest BCUT2D eigenvalue weighted by Crippen LogP contribution is -2.39. The van der Waals surface area contributed by atoms with Crippen LogP contribution in [0.4, 0.5) is 0 Å². The lowest BCUT2D eigenvalue weighted by atomic mass is 10.00. The van der Waals surface area contributed by atoms with Crippen molar-refractivity contribution < 1.29 is 4.74 Å². The molecule has 3 rings (SSSR count). The highest BCUT2D eigenvalue weighted by molar-refractivity contribution is 5.18. The number of likely N-dealkylation sites (tertiary alicyclic amines) is 1. The molecule has 2 unspecified atom stereocenters. The summed E-state index contributed by atoms with van der Waals surface area (Å²) >= 11 is 0. The Kier molecular flexibility index (Phi) is 9.75. The fraction of sp³-hybridized carbons (Fsp3) is 0.556. The van der Waals surface area contributed by atoms with Crippen LogP contribution in [0.3, 0.4) is 0 Å². The Labute approximate surface area is 178 Å². The van der Waals surface area contributed by atoms with E-state index in [0.29, 0.717) is 0 Å². The largest absolute Gasteiger partial charge is 0.373 e. The Morgan fingerprint density at radius 1 is 0.931 bits per heavy atom. The normalized spacial score (nSPS) is 18.6. The SMILES string of the molecule is CCC1CCCCN1CCCOC(CCCCc1ccccc1)c1ccccc1. The molecule has 1 aliphatic heterocycles. The molecule has 2 aromatic carbocycles. The van der Waals surface area contributed by atoms with Gasteiger partial charge in [-0.1, -0.05) is 80.4 Å². The molecule has 1 fully saturated rings. The fourth-order valence-electron chi connectivity index (χ4n) is 4.63. The highest BCUT2D eigenvalue weighted by atomic mass is 16.5. The number of benzene rings is 2. The highest BCUT2D eigenvalue weighted by Gasteiger charge is 2.20. The van der Waals surface area contributed by atoms with E-state index in [0.717, 1.165) is 31.9 Å². The summed E-state index contributed by atoms with van der Waals surface area (Å²) in [7, 11) is 0. The van der Waals surface area contributed by atoms with Gasteiger partial charge in [0.2, 0.25) is 0 Å². The molecule has 0 N–H and O–H groups in total. The first-order valence-corrected chi connectivity index (χ1v) is 11.8. The van der Waals surface area contributed by atoms with Crippen LogP contribution in [0.25, 0.3) is 0 Å². The molecule has 0 saturated carbocycles. The van der Waals surface area contributed by atoms with Gasteiger partial charge in [0.05, 0.1) is 6.10 Å². The molecule has 0 amide bonds. The maximum atomic E-state index is 6.41. The predicted molar refractivity (Wildman–Crippen MR) is 123 cm³/mol. The van der Waals surface area contributed by atoms with Crippen molar-refractivity contribution in [2.24, 2.45) is 0 Å². The van der Waals surface area contributed by atoms with E-state index in [1.807, 2.05) is 0 Å². The summed E-state index contributed by atoms with van der Waals surface area (Å²) in [5.74, 6) is 0. The van der Waals surface area contributed by atoms with Crippen LogP contribution in [0, 0.1) is 0 Å². The van der Waals surface area contributed by atoms with Crippen LogP contribution in [-0.2, 0) is 11.2 Å². The van der Waals surface area contributed by atoms with Crippen LogP contribution in [0.1, 0.15) is 75.5 Å². The average molecular weight is 394 g/mol. The molecule has 0 radical (unpaired) electrons. The number of rotatable bonds is 12. The van der Waals surface area contributed by atoms with E-state index in [4.69, 9.17) is 4.74 Å². The van der Waals surface area contributed by atoms with E-state index in [-0.39, 0.29) is 6.10 Å². The van der Waals surface area contributed by atoms with Crippen LogP contribution < -0.4 is 0 Å². The molecule has 2 aromatic rings. The number of hydrogen-bond donors (Lipinski definition) is 0. The van der Waals surface area contributed by atoms with Crippen molar-refractivity contribution in [2.45, 2.75) is 76.9 Å². The lowest BCUT2D eigenvalue weighted by molar-refractivity contribution is 0.0336. The summed E-state index contributed by atoms with van der Waals surface area (Å²) in [6, 6.07) is 22.4. The Hall–Kier alpha value is -1.64. The molecule has 0 aliphatic carbocycles. The van der Waals surface area contributed by atoms with Crippen LogP contribution in [0.5, 0.6) is 0 Å². The molecule has 0 bridgehead atoms. The van der Waals surface area contributed by atoms with Crippen molar-refractivity contribution in [1.29, 1.82) is 0 Å². The Bertz CT molecular complexity index is 657. The van der Waals surface area contributed by atoms with Gasteiger partial charge in [-0.2, -0.15) is 0 Å². The van der Waals surface area contributed by atoms with Crippen molar-refractivity contribution in [3.63, 3.8) is 0 Å². The van der Waals surface area contributed by atoms with Crippen LogP contribution >= 0.6 is 0 Å². The summed E-state index contributed by atoms with van der Waals surface area (Å²) in [6.07, 6.45) is 11.5. The van der Waals surface area contributed by atoms with E-state index in [1.165, 1.54) is 62.7 Å². The van der Waals surface area contributed by atoms with Gasteiger partial charge in [0.1, 0.15) is 0 Å². The van der Waals surface area contributed by atoms with E-state index in [2.05, 4.69) is 72.5 Å². The number of unbranched alkanes of at least 4 members (excludes halogenated alkanes) is 1. The van der Waals surface area contributed by atoms with Crippen LogP contribution in [0.15, 0.2) is 60.7 Å². The van der Waals surface area contributed by atoms with Gasteiger partial charge in [0.15, 0.2) is 0 Å². The third-order valence-corrected chi connectivity index (χ3v) is 6.32. The summed E-state index contributed by atoms with van der Waals surface area (Å²) in [5, 5.41) is 0. The summed E-state index contributed by atoms with van der Waals surface area (Å²) in [5.41, 5.74) is 2.77. The molecule has 2 nitrogen and oxygen atoms in total. The standard InChI is InChI=1S/C27H39NO/c1-2-26-19-11-12-21-28(26)22-13-23-29-27(25-17-7-4-8-18-25)20-10-9-16-24-14-5-3-6-15-24/h3-8,14-15,17-18,26-27H,2,9-13,16,19-23H2,1H3. The molecule has 2 atom stereocenters. The van der Waals surface area contributed by atoms with Gasteiger partial charge in [-0.25, -0.2) is 0 Å². The number of aryl methyl sites for hydroxylation is 1. The molecule has 1 heterocycles. The Morgan fingerprint density at radius 2 is 1.69 bits per heavy atom. The van der Waals surface area contributed by atoms with E-state index in [9.17, 15) is 0 Å². The van der Waals surface area contributed by atoms with Gasteiger partial charge in [-0.05, 0) is 62.6 Å². The zero-order valence-corrected chi connectivity index (χ0v) is 18.3. The maximum Gasteiger partial charge on any atom is 0.0824 e. The Balaban J connectivity index is 1.42. The molecular weight excluding hydrogens is 354 g/mol. The smallest absolute Gasteiger partial charge is 0.0824 e. The third-order valence-electron chi connectivity index (χ3n) is 6.32. The summed E-state index contributed by atoms with van der Waals surface area (Å²) < 4.78 is 6.41. The Morgan fingerprint density at radius 3 is 2.45 bits per heavy atom. The minimum atomic E-state index is 0.232. The molecule has 1 saturated heterocycles. The monoisotopic (exact) mass is 393 g/mol. The first-order chi connectivity index (χ1) is 14.4. The quantitative estimate of drug-likeness (QED) is 0.367. The minimum Gasteiger partial charge on any atom is -0.373 e. The van der Waals surface area contributed by atoms with Crippen molar-refractivity contribution in [3.05, 3.63) is 71.8 Å². The molecule has 0 spiro atoms. The molecule has 1 aliphatic rings. The van der Waals surface area contributed by atoms with Gasteiger partial charge in [0.25, 0.3) is 0 Å². The second kappa shape index (κ2) is 12.8. The molecule has 0 aromatic heterocycles. The predicted octanol–water partition coefficient (Wildman–Crippen LogP) is 6.81. The van der Waals surface area contributed by atoms with Gasteiger partial charge < -0.3 is 9.64 Å². The lowest BCUT2D eigenvalue weighted by Gasteiger charge is -2.35. The summed E-state index contributed by atoms with van der Waals surface area (Å²) in [6.45, 7) is 5.67. The van der Waals surface area contributed by atoms with Crippen molar-refractivity contribution in [3.8, 4) is 0 Å². The minimum absolute atomic E-state index is 0.232. The number of hydrogen-bond acceptors (Lipinski definition) is 2. The first kappa shape index (κ1) is 22.1. The fourth-order valence-corrected chi connectivity index (χ4v) is 4.63. The maximum absolute atomic E-state index is 6.41. The van der Waals surface area contributed by atoms with Crippen LogP contribution in [0.2, 0.25) is 0 Å². The molecular formula is C27H39NO. The highest BCUT2D eigenvalue weighted by Crippen LogP contribution is 2.25. The first-order valence-electron chi connectivity index (χ1n) is 11.8. The van der Waals surface area contributed by atoms with E-state index >= 15 is 0 Å². The zero-order valence-electron chi connectivity index (χ0n) is 18.3. The van der Waals surface area contributed by atoms with Gasteiger partial charge in [-0.15, -0.1) is 0 Å².